The molecular formula is C13H17BrN2O3. The van der Waals surface area contributed by atoms with Crippen molar-refractivity contribution < 1.29 is 9.66 Å². The minimum absolute atomic E-state index is 0.141. The third kappa shape index (κ3) is 3.25. The lowest BCUT2D eigenvalue weighted by molar-refractivity contribution is -0.384. The fraction of sp³-hybridized carbons (Fsp3) is 0.538. The van der Waals surface area contributed by atoms with Gasteiger partial charge >= 0.3 is 0 Å². The molecule has 0 N–H and O–H groups in total. The maximum atomic E-state index is 11.2. The smallest absolute Gasteiger partial charge is 0.293 e. The van der Waals surface area contributed by atoms with Crippen LogP contribution in [-0.2, 0) is 4.74 Å². The van der Waals surface area contributed by atoms with Gasteiger partial charge in [-0.15, -0.1) is 0 Å². The average Bonchev–Trinajstić information content (AvgIpc) is 2.42. The van der Waals surface area contributed by atoms with Crippen LogP contribution in [0.3, 0.4) is 0 Å². The molecule has 1 aromatic rings. The van der Waals surface area contributed by atoms with Crippen molar-refractivity contribution >= 4 is 27.3 Å². The van der Waals surface area contributed by atoms with Crippen LogP contribution in [0.5, 0.6) is 0 Å². The fourth-order valence-electron chi connectivity index (χ4n) is 2.48. The number of hydrogen-bond donors (Lipinski definition) is 0. The Bertz CT molecular complexity index is 461. The Kier molecular flexibility index (Phi) is 4.76. The Balaban J connectivity index is 2.34. The number of benzene rings is 1. The summed E-state index contributed by atoms with van der Waals surface area (Å²) in [6, 6.07) is 5.43. The molecule has 1 atom stereocenters. The second kappa shape index (κ2) is 6.34. The van der Waals surface area contributed by atoms with Gasteiger partial charge in [0.1, 0.15) is 5.69 Å². The summed E-state index contributed by atoms with van der Waals surface area (Å²) < 4.78 is 6.21. The van der Waals surface area contributed by atoms with E-state index < -0.39 is 0 Å². The largest absolute Gasteiger partial charge is 0.379 e. The topological polar surface area (TPSA) is 55.6 Å². The van der Waals surface area contributed by atoms with E-state index in [2.05, 4.69) is 20.8 Å². The Morgan fingerprint density at radius 2 is 2.37 bits per heavy atom. The molecule has 1 fully saturated rings. The maximum Gasteiger partial charge on any atom is 0.293 e. The number of hydrogen-bond acceptors (Lipinski definition) is 4. The van der Waals surface area contributed by atoms with E-state index in [1.807, 2.05) is 13.0 Å². The molecule has 0 radical (unpaired) electrons. The summed E-state index contributed by atoms with van der Waals surface area (Å²) in [7, 11) is 0. The first kappa shape index (κ1) is 14.3. The van der Waals surface area contributed by atoms with Crippen molar-refractivity contribution in [1.29, 1.82) is 0 Å². The fourth-order valence-corrected chi connectivity index (χ4v) is 2.83. The number of halogens is 1. The van der Waals surface area contributed by atoms with Gasteiger partial charge in [0.15, 0.2) is 0 Å². The molecule has 0 bridgehead atoms. The quantitative estimate of drug-likeness (QED) is 0.628. The van der Waals surface area contributed by atoms with Crippen molar-refractivity contribution in [2.24, 2.45) is 0 Å². The van der Waals surface area contributed by atoms with Gasteiger partial charge in [-0.25, -0.2) is 0 Å². The number of likely N-dealkylation sites (N-methyl/N-ethyl adjacent to an activating group) is 1. The summed E-state index contributed by atoms with van der Waals surface area (Å²) in [5.41, 5.74) is 0.813. The Hall–Kier alpha value is -1.14. The molecule has 1 unspecified atom stereocenters. The predicted octanol–water partition coefficient (Wildman–Crippen LogP) is 3.36. The average molecular weight is 329 g/mol. The molecule has 1 heterocycles. The molecule has 1 saturated heterocycles. The van der Waals surface area contributed by atoms with Gasteiger partial charge in [-0.05, 0) is 31.9 Å². The zero-order valence-corrected chi connectivity index (χ0v) is 12.4. The molecule has 1 aliphatic rings. The zero-order chi connectivity index (χ0) is 13.8. The Labute approximate surface area is 120 Å². The van der Waals surface area contributed by atoms with Crippen molar-refractivity contribution in [2.75, 3.05) is 24.7 Å². The van der Waals surface area contributed by atoms with Crippen LogP contribution in [0.2, 0.25) is 0 Å². The first-order chi connectivity index (χ1) is 9.13. The van der Waals surface area contributed by atoms with E-state index in [1.165, 1.54) is 0 Å². The van der Waals surface area contributed by atoms with Crippen LogP contribution in [0.1, 0.15) is 19.8 Å². The highest BCUT2D eigenvalue weighted by Gasteiger charge is 2.26. The first-order valence-corrected chi connectivity index (χ1v) is 7.21. The molecule has 104 valence electrons. The van der Waals surface area contributed by atoms with Crippen molar-refractivity contribution in [1.82, 2.24) is 0 Å². The Morgan fingerprint density at radius 3 is 2.95 bits per heavy atom. The summed E-state index contributed by atoms with van der Waals surface area (Å²) in [5, 5.41) is 11.2. The molecule has 1 aliphatic heterocycles. The highest BCUT2D eigenvalue weighted by molar-refractivity contribution is 9.10. The lowest BCUT2D eigenvalue weighted by Gasteiger charge is -2.34. The molecule has 2 rings (SSSR count). The predicted molar refractivity (Wildman–Crippen MR) is 77.7 cm³/mol. The van der Waals surface area contributed by atoms with Crippen LogP contribution in [0.4, 0.5) is 11.4 Å². The second-order valence-corrected chi connectivity index (χ2v) is 5.46. The van der Waals surface area contributed by atoms with Gasteiger partial charge in [-0.1, -0.05) is 15.9 Å². The van der Waals surface area contributed by atoms with Gasteiger partial charge in [-0.2, -0.15) is 0 Å². The van der Waals surface area contributed by atoms with Crippen molar-refractivity contribution in [3.8, 4) is 0 Å². The normalized spacial score (nSPS) is 19.2. The third-order valence-corrected chi connectivity index (χ3v) is 3.85. The van der Waals surface area contributed by atoms with E-state index in [0.29, 0.717) is 12.3 Å². The minimum atomic E-state index is -0.327. The van der Waals surface area contributed by atoms with E-state index in [-0.39, 0.29) is 16.7 Å². The summed E-state index contributed by atoms with van der Waals surface area (Å²) >= 11 is 3.28. The molecule has 19 heavy (non-hydrogen) atoms. The molecule has 1 aromatic carbocycles. The van der Waals surface area contributed by atoms with Crippen LogP contribution < -0.4 is 4.90 Å². The number of anilines is 1. The summed E-state index contributed by atoms with van der Waals surface area (Å²) in [4.78, 5) is 13.0. The SMILES string of the molecule is CCN(c1ccc(Br)cc1[N+](=O)[O-])C1CCCOC1. The Morgan fingerprint density at radius 1 is 1.58 bits per heavy atom. The van der Waals surface area contributed by atoms with Crippen LogP contribution >= 0.6 is 15.9 Å². The van der Waals surface area contributed by atoms with Crippen molar-refractivity contribution in [3.63, 3.8) is 0 Å². The summed E-state index contributed by atoms with van der Waals surface area (Å²) in [6.07, 6.45) is 2.02. The highest BCUT2D eigenvalue weighted by atomic mass is 79.9. The van der Waals surface area contributed by atoms with E-state index in [0.717, 1.165) is 30.5 Å². The molecule has 0 amide bonds. The number of nitro benzene ring substituents is 1. The maximum absolute atomic E-state index is 11.2. The molecule has 6 heteroatoms. The van der Waals surface area contributed by atoms with Gasteiger partial charge in [-0.3, -0.25) is 10.1 Å². The van der Waals surface area contributed by atoms with Crippen LogP contribution in [0.25, 0.3) is 0 Å². The first-order valence-electron chi connectivity index (χ1n) is 6.41. The van der Waals surface area contributed by atoms with E-state index >= 15 is 0 Å². The molecule has 0 spiro atoms. The van der Waals surface area contributed by atoms with Crippen molar-refractivity contribution in [3.05, 3.63) is 32.8 Å². The molecule has 0 aliphatic carbocycles. The van der Waals surface area contributed by atoms with Crippen LogP contribution in [0.15, 0.2) is 22.7 Å². The second-order valence-electron chi connectivity index (χ2n) is 4.55. The van der Waals surface area contributed by atoms with Gasteiger partial charge in [0, 0.05) is 23.7 Å². The standard InChI is InChI=1S/C13H17BrN2O3/c1-2-15(11-4-3-7-19-9-11)12-6-5-10(14)8-13(12)16(17)18/h5-6,8,11H,2-4,7,9H2,1H3. The van der Waals surface area contributed by atoms with Gasteiger partial charge in [0.05, 0.1) is 17.6 Å². The van der Waals surface area contributed by atoms with Crippen LogP contribution in [0, 0.1) is 10.1 Å². The van der Waals surface area contributed by atoms with Crippen molar-refractivity contribution in [2.45, 2.75) is 25.8 Å². The highest BCUT2D eigenvalue weighted by Crippen LogP contribution is 2.33. The van der Waals surface area contributed by atoms with Gasteiger partial charge in [0.25, 0.3) is 5.69 Å². The number of ether oxygens (including phenoxy) is 1. The van der Waals surface area contributed by atoms with Gasteiger partial charge in [0.2, 0.25) is 0 Å². The van der Waals surface area contributed by atoms with E-state index in [9.17, 15) is 10.1 Å². The van der Waals surface area contributed by atoms with Crippen LogP contribution in [-0.4, -0.2) is 30.7 Å². The monoisotopic (exact) mass is 328 g/mol. The summed E-state index contributed by atoms with van der Waals surface area (Å²) in [6.45, 7) is 4.18. The lowest BCUT2D eigenvalue weighted by Crippen LogP contribution is -2.41. The number of rotatable bonds is 4. The molecule has 0 saturated carbocycles. The number of nitrogens with zero attached hydrogens (tertiary/aromatic N) is 2. The lowest BCUT2D eigenvalue weighted by atomic mass is 10.1. The van der Waals surface area contributed by atoms with E-state index in [1.54, 1.807) is 12.1 Å². The van der Waals surface area contributed by atoms with Gasteiger partial charge < -0.3 is 9.64 Å². The minimum Gasteiger partial charge on any atom is -0.379 e. The number of nitro groups is 1. The molecular weight excluding hydrogens is 312 g/mol. The molecule has 0 aromatic heterocycles. The zero-order valence-electron chi connectivity index (χ0n) is 10.8. The van der Waals surface area contributed by atoms with E-state index in [4.69, 9.17) is 4.74 Å². The third-order valence-electron chi connectivity index (χ3n) is 3.36. The molecule has 5 nitrogen and oxygen atoms in total. The summed E-state index contributed by atoms with van der Waals surface area (Å²) in [5.74, 6) is 0.